The largest absolute Gasteiger partial charge is 0.341 e. The van der Waals surface area contributed by atoms with Crippen molar-refractivity contribution in [2.24, 2.45) is 0 Å². The number of benzene rings is 1. The first-order valence-electron chi connectivity index (χ1n) is 8.27. The average Bonchev–Trinajstić information content (AvgIpc) is 3.05. The summed E-state index contributed by atoms with van der Waals surface area (Å²) in [5.41, 5.74) is 0.305. The van der Waals surface area contributed by atoms with Crippen molar-refractivity contribution in [2.75, 3.05) is 17.6 Å². The van der Waals surface area contributed by atoms with Gasteiger partial charge in [0.2, 0.25) is 15.9 Å². The van der Waals surface area contributed by atoms with Crippen LogP contribution < -0.4 is 4.31 Å². The van der Waals surface area contributed by atoms with Gasteiger partial charge in [0.05, 0.1) is 11.9 Å². The van der Waals surface area contributed by atoms with E-state index in [1.165, 1.54) is 24.3 Å². The number of hydrogen-bond acceptors (Lipinski definition) is 3. The summed E-state index contributed by atoms with van der Waals surface area (Å²) in [6.45, 7) is 1.78. The van der Waals surface area contributed by atoms with Crippen molar-refractivity contribution in [3.05, 3.63) is 30.1 Å². The molecule has 1 saturated carbocycles. The fourth-order valence-corrected chi connectivity index (χ4v) is 4.54. The van der Waals surface area contributed by atoms with Crippen molar-refractivity contribution in [3.63, 3.8) is 0 Å². The Hall–Kier alpha value is -1.63. The first-order chi connectivity index (χ1) is 11.3. The molecule has 7 heteroatoms. The molecule has 24 heavy (non-hydrogen) atoms. The van der Waals surface area contributed by atoms with Crippen LogP contribution in [0, 0.1) is 5.82 Å². The first kappa shape index (κ1) is 18.7. The maximum Gasteiger partial charge on any atom is 0.246 e. The van der Waals surface area contributed by atoms with Gasteiger partial charge in [-0.25, -0.2) is 12.8 Å². The second-order valence-electron chi connectivity index (χ2n) is 6.35. The summed E-state index contributed by atoms with van der Waals surface area (Å²) < 4.78 is 38.9. The number of amides is 1. The lowest BCUT2D eigenvalue weighted by Gasteiger charge is -2.35. The zero-order chi connectivity index (χ0) is 17.9. The molecule has 134 valence electrons. The smallest absolute Gasteiger partial charge is 0.246 e. The van der Waals surface area contributed by atoms with E-state index in [1.54, 1.807) is 18.9 Å². The SMILES string of the molecule is CCC(C(=O)N(C)C1CCCC1)N(c1ccc(F)cc1)S(C)(=O)=O. The van der Waals surface area contributed by atoms with Gasteiger partial charge in [0.15, 0.2) is 0 Å². The molecule has 0 aliphatic heterocycles. The minimum absolute atomic E-state index is 0.168. The fourth-order valence-electron chi connectivity index (χ4n) is 3.34. The molecule has 0 saturated heterocycles. The number of halogens is 1. The zero-order valence-electron chi connectivity index (χ0n) is 14.4. The van der Waals surface area contributed by atoms with Crippen LogP contribution in [0.5, 0.6) is 0 Å². The molecule has 1 aliphatic rings. The molecule has 2 rings (SSSR count). The van der Waals surface area contributed by atoms with Crippen molar-refractivity contribution in [1.82, 2.24) is 4.90 Å². The van der Waals surface area contributed by atoms with E-state index in [1.807, 2.05) is 0 Å². The maximum absolute atomic E-state index is 13.2. The van der Waals surface area contributed by atoms with Crippen molar-refractivity contribution in [3.8, 4) is 0 Å². The minimum Gasteiger partial charge on any atom is -0.341 e. The van der Waals surface area contributed by atoms with Crippen molar-refractivity contribution in [2.45, 2.75) is 51.1 Å². The van der Waals surface area contributed by atoms with Gasteiger partial charge in [-0.15, -0.1) is 0 Å². The molecule has 0 radical (unpaired) electrons. The number of carbonyl (C=O) groups excluding carboxylic acids is 1. The van der Waals surface area contributed by atoms with E-state index in [2.05, 4.69) is 0 Å². The summed E-state index contributed by atoms with van der Waals surface area (Å²) in [5, 5.41) is 0. The van der Waals surface area contributed by atoms with Crippen molar-refractivity contribution in [1.29, 1.82) is 0 Å². The highest BCUT2D eigenvalue weighted by Gasteiger charge is 2.35. The number of sulfonamides is 1. The Morgan fingerprint density at radius 3 is 2.25 bits per heavy atom. The molecular formula is C17H25FN2O3S. The molecular weight excluding hydrogens is 331 g/mol. The highest BCUT2D eigenvalue weighted by atomic mass is 32.2. The van der Waals surface area contributed by atoms with Crippen molar-refractivity contribution < 1.29 is 17.6 Å². The molecule has 1 atom stereocenters. The van der Waals surface area contributed by atoms with Gasteiger partial charge in [-0.05, 0) is 43.5 Å². The molecule has 0 N–H and O–H groups in total. The zero-order valence-corrected chi connectivity index (χ0v) is 15.2. The lowest BCUT2D eigenvalue weighted by Crippen LogP contribution is -2.51. The number of anilines is 1. The van der Waals surface area contributed by atoms with Gasteiger partial charge in [0.1, 0.15) is 11.9 Å². The van der Waals surface area contributed by atoms with Gasteiger partial charge in [-0.1, -0.05) is 19.8 Å². The van der Waals surface area contributed by atoms with Crippen LogP contribution in [0.2, 0.25) is 0 Å². The summed E-state index contributed by atoms with van der Waals surface area (Å²) in [5.74, 6) is -0.659. The lowest BCUT2D eigenvalue weighted by atomic mass is 10.1. The Balaban J connectivity index is 2.35. The molecule has 0 heterocycles. The Kier molecular flexibility index (Phi) is 5.85. The van der Waals surface area contributed by atoms with Crippen molar-refractivity contribution >= 4 is 21.6 Å². The monoisotopic (exact) mass is 356 g/mol. The summed E-state index contributed by atoms with van der Waals surface area (Å²) in [6, 6.07) is 4.53. The van der Waals surface area contributed by atoms with Gasteiger partial charge in [0, 0.05) is 13.1 Å². The van der Waals surface area contributed by atoms with Crippen LogP contribution >= 0.6 is 0 Å². The van der Waals surface area contributed by atoms with E-state index in [0.29, 0.717) is 12.1 Å². The Morgan fingerprint density at radius 1 is 1.25 bits per heavy atom. The summed E-state index contributed by atoms with van der Waals surface area (Å²) in [7, 11) is -1.94. The molecule has 1 amide bonds. The van der Waals surface area contributed by atoms with E-state index in [9.17, 15) is 17.6 Å². The standard InChI is InChI=1S/C17H25FN2O3S/c1-4-16(17(21)19(2)14-7-5-6-8-14)20(24(3,22)23)15-11-9-13(18)10-12-15/h9-12,14,16H,4-8H2,1-3H3. The van der Waals surface area contributed by atoms with Gasteiger partial charge in [-0.3, -0.25) is 9.10 Å². The van der Waals surface area contributed by atoms with Gasteiger partial charge in [0.25, 0.3) is 0 Å². The third-order valence-corrected chi connectivity index (χ3v) is 5.79. The number of likely N-dealkylation sites (N-methyl/N-ethyl adjacent to an activating group) is 1. The molecule has 1 aromatic rings. The van der Waals surface area contributed by atoms with E-state index in [0.717, 1.165) is 36.2 Å². The number of rotatable bonds is 6. The molecule has 1 fully saturated rings. The highest BCUT2D eigenvalue weighted by molar-refractivity contribution is 7.92. The molecule has 1 unspecified atom stereocenters. The summed E-state index contributed by atoms with van der Waals surface area (Å²) in [4.78, 5) is 14.6. The van der Waals surface area contributed by atoms with E-state index >= 15 is 0 Å². The van der Waals surface area contributed by atoms with Crippen LogP contribution in [0.3, 0.4) is 0 Å². The molecule has 1 aliphatic carbocycles. The second-order valence-corrected chi connectivity index (χ2v) is 8.21. The van der Waals surface area contributed by atoms with Crippen LogP contribution in [-0.4, -0.2) is 44.6 Å². The average molecular weight is 356 g/mol. The molecule has 0 aromatic heterocycles. The molecule has 5 nitrogen and oxygen atoms in total. The third-order valence-electron chi connectivity index (χ3n) is 4.61. The third kappa shape index (κ3) is 4.06. The normalized spacial score (nSPS) is 16.8. The Labute approximate surface area is 143 Å². The Morgan fingerprint density at radius 2 is 1.79 bits per heavy atom. The second kappa shape index (κ2) is 7.51. The fraction of sp³-hybridized carbons (Fsp3) is 0.588. The molecule has 0 spiro atoms. The highest BCUT2D eigenvalue weighted by Crippen LogP contribution is 2.27. The maximum atomic E-state index is 13.2. The lowest BCUT2D eigenvalue weighted by molar-refractivity contribution is -0.133. The van der Waals surface area contributed by atoms with Crippen LogP contribution in [0.1, 0.15) is 39.0 Å². The van der Waals surface area contributed by atoms with Crippen LogP contribution in [0.4, 0.5) is 10.1 Å². The summed E-state index contributed by atoms with van der Waals surface area (Å²) >= 11 is 0. The Bertz CT molecular complexity index is 670. The van der Waals surface area contributed by atoms with Gasteiger partial charge < -0.3 is 4.90 Å². The number of nitrogens with zero attached hydrogens (tertiary/aromatic N) is 2. The first-order valence-corrected chi connectivity index (χ1v) is 10.1. The van der Waals surface area contributed by atoms with E-state index in [4.69, 9.17) is 0 Å². The van der Waals surface area contributed by atoms with Gasteiger partial charge in [-0.2, -0.15) is 0 Å². The summed E-state index contributed by atoms with van der Waals surface area (Å²) in [6.07, 6.45) is 5.50. The van der Waals surface area contributed by atoms with E-state index in [-0.39, 0.29) is 11.9 Å². The van der Waals surface area contributed by atoms with Crippen LogP contribution in [-0.2, 0) is 14.8 Å². The number of carbonyl (C=O) groups is 1. The van der Waals surface area contributed by atoms with E-state index < -0.39 is 21.9 Å². The molecule has 1 aromatic carbocycles. The molecule has 0 bridgehead atoms. The topological polar surface area (TPSA) is 57.7 Å². The predicted molar refractivity (Wildman–Crippen MR) is 92.8 cm³/mol. The van der Waals surface area contributed by atoms with Crippen LogP contribution in [0.15, 0.2) is 24.3 Å². The van der Waals surface area contributed by atoms with Crippen LogP contribution in [0.25, 0.3) is 0 Å². The minimum atomic E-state index is -3.68. The predicted octanol–water partition coefficient (Wildman–Crippen LogP) is 2.77. The quantitative estimate of drug-likeness (QED) is 0.787. The number of hydrogen-bond donors (Lipinski definition) is 0. The van der Waals surface area contributed by atoms with Gasteiger partial charge >= 0.3 is 0 Å².